The van der Waals surface area contributed by atoms with Gasteiger partial charge in [-0.05, 0) is 38.2 Å². The number of likely N-dealkylation sites (N-methyl/N-ethyl adjacent to an activating group) is 2. The SMILES string of the molecule is CCC(NC(=O)NCC1CN(C)CCN1C)c1cccc(Cl)c1. The Morgan fingerprint density at radius 3 is 2.87 bits per heavy atom. The minimum Gasteiger partial charge on any atom is -0.337 e. The lowest BCUT2D eigenvalue weighted by molar-refractivity contribution is 0.114. The second kappa shape index (κ2) is 8.52. The summed E-state index contributed by atoms with van der Waals surface area (Å²) in [7, 11) is 4.23. The molecule has 0 radical (unpaired) electrons. The monoisotopic (exact) mass is 338 g/mol. The molecule has 2 atom stereocenters. The van der Waals surface area contributed by atoms with E-state index in [0.717, 1.165) is 31.6 Å². The highest BCUT2D eigenvalue weighted by Crippen LogP contribution is 2.20. The lowest BCUT2D eigenvalue weighted by Gasteiger charge is -2.37. The van der Waals surface area contributed by atoms with E-state index < -0.39 is 0 Å². The molecule has 2 rings (SSSR count). The maximum absolute atomic E-state index is 12.2. The van der Waals surface area contributed by atoms with Gasteiger partial charge in [0.25, 0.3) is 0 Å². The Morgan fingerprint density at radius 1 is 1.39 bits per heavy atom. The van der Waals surface area contributed by atoms with Gasteiger partial charge in [-0.3, -0.25) is 4.90 Å². The highest BCUT2D eigenvalue weighted by atomic mass is 35.5. The molecule has 6 heteroatoms. The van der Waals surface area contributed by atoms with Crippen LogP contribution in [0.5, 0.6) is 0 Å². The summed E-state index contributed by atoms with van der Waals surface area (Å²) in [4.78, 5) is 16.8. The van der Waals surface area contributed by atoms with Gasteiger partial charge in [0.2, 0.25) is 0 Å². The summed E-state index contributed by atoms with van der Waals surface area (Å²) in [5.74, 6) is 0. The second-order valence-electron chi connectivity index (χ2n) is 6.27. The zero-order chi connectivity index (χ0) is 16.8. The lowest BCUT2D eigenvalue weighted by atomic mass is 10.1. The molecule has 1 heterocycles. The standard InChI is InChI=1S/C17H27ClN4O/c1-4-16(13-6-5-7-14(18)10-13)20-17(23)19-11-15-12-21(2)8-9-22(15)3/h5-7,10,15-16H,4,8-9,11-12H2,1-3H3,(H2,19,20,23). The van der Waals surface area contributed by atoms with Gasteiger partial charge >= 0.3 is 6.03 Å². The summed E-state index contributed by atoms with van der Waals surface area (Å²) in [6, 6.07) is 7.84. The largest absolute Gasteiger partial charge is 0.337 e. The molecule has 1 fully saturated rings. The van der Waals surface area contributed by atoms with E-state index >= 15 is 0 Å². The quantitative estimate of drug-likeness (QED) is 0.866. The van der Waals surface area contributed by atoms with Crippen LogP contribution in [0.25, 0.3) is 0 Å². The predicted octanol–water partition coefficient (Wildman–Crippen LogP) is 2.34. The van der Waals surface area contributed by atoms with Crippen molar-refractivity contribution in [1.82, 2.24) is 20.4 Å². The normalized spacial score (nSPS) is 21.0. The second-order valence-corrected chi connectivity index (χ2v) is 6.70. The molecule has 0 bridgehead atoms. The molecule has 1 aliphatic heterocycles. The summed E-state index contributed by atoms with van der Waals surface area (Å²) in [6.45, 7) is 5.78. The van der Waals surface area contributed by atoms with Crippen molar-refractivity contribution >= 4 is 17.6 Å². The Bertz CT molecular complexity index is 525. The number of hydrogen-bond acceptors (Lipinski definition) is 3. The van der Waals surface area contributed by atoms with Gasteiger partial charge in [0.05, 0.1) is 6.04 Å². The van der Waals surface area contributed by atoms with Gasteiger partial charge in [-0.25, -0.2) is 4.79 Å². The van der Waals surface area contributed by atoms with Crippen molar-refractivity contribution in [1.29, 1.82) is 0 Å². The average molecular weight is 339 g/mol. The number of amides is 2. The topological polar surface area (TPSA) is 47.6 Å². The first kappa shape index (κ1) is 18.0. The van der Waals surface area contributed by atoms with Crippen LogP contribution in [0.15, 0.2) is 24.3 Å². The molecular weight excluding hydrogens is 312 g/mol. The maximum Gasteiger partial charge on any atom is 0.315 e. The third-order valence-corrected chi connectivity index (χ3v) is 4.68. The lowest BCUT2D eigenvalue weighted by Crippen LogP contribution is -2.55. The Balaban J connectivity index is 1.85. The van der Waals surface area contributed by atoms with Gasteiger partial charge in [-0.2, -0.15) is 0 Å². The van der Waals surface area contributed by atoms with E-state index in [1.54, 1.807) is 0 Å². The zero-order valence-electron chi connectivity index (χ0n) is 14.2. The minimum atomic E-state index is -0.126. The van der Waals surface area contributed by atoms with Gasteiger partial charge < -0.3 is 15.5 Å². The predicted molar refractivity (Wildman–Crippen MR) is 94.9 cm³/mol. The Labute approximate surface area is 144 Å². The van der Waals surface area contributed by atoms with Gasteiger partial charge in [0.15, 0.2) is 0 Å². The van der Waals surface area contributed by atoms with Crippen molar-refractivity contribution in [2.75, 3.05) is 40.3 Å². The van der Waals surface area contributed by atoms with E-state index in [-0.39, 0.29) is 12.1 Å². The summed E-state index contributed by atoms with van der Waals surface area (Å²) in [5.41, 5.74) is 1.03. The number of urea groups is 1. The molecule has 0 saturated carbocycles. The summed E-state index contributed by atoms with van der Waals surface area (Å²) in [6.07, 6.45) is 0.819. The molecule has 0 aromatic heterocycles. The fraction of sp³-hybridized carbons (Fsp3) is 0.588. The van der Waals surface area contributed by atoms with Crippen molar-refractivity contribution in [3.8, 4) is 0 Å². The van der Waals surface area contributed by atoms with Crippen LogP contribution in [0.4, 0.5) is 4.79 Å². The molecule has 2 amide bonds. The summed E-state index contributed by atoms with van der Waals surface area (Å²) < 4.78 is 0. The Hall–Kier alpha value is -1.30. The van der Waals surface area contributed by atoms with Gasteiger partial charge in [-0.1, -0.05) is 30.7 Å². The first-order valence-corrected chi connectivity index (χ1v) is 8.56. The number of benzene rings is 1. The Kier molecular flexibility index (Phi) is 6.69. The van der Waals surface area contributed by atoms with Crippen LogP contribution in [0.1, 0.15) is 24.9 Å². The number of hydrogen-bond donors (Lipinski definition) is 2. The summed E-state index contributed by atoms with van der Waals surface area (Å²) >= 11 is 6.04. The van der Waals surface area contributed by atoms with E-state index in [9.17, 15) is 4.79 Å². The van der Waals surface area contributed by atoms with Crippen molar-refractivity contribution < 1.29 is 4.79 Å². The Morgan fingerprint density at radius 2 is 2.17 bits per heavy atom. The number of carbonyl (C=O) groups is 1. The molecule has 1 aromatic rings. The van der Waals surface area contributed by atoms with E-state index in [1.165, 1.54) is 0 Å². The third kappa shape index (κ3) is 5.37. The van der Waals surface area contributed by atoms with E-state index in [4.69, 9.17) is 11.6 Å². The first-order valence-electron chi connectivity index (χ1n) is 8.18. The van der Waals surface area contributed by atoms with Gasteiger partial charge in [0, 0.05) is 37.2 Å². The average Bonchev–Trinajstić information content (AvgIpc) is 2.53. The molecule has 5 nitrogen and oxygen atoms in total. The number of piperazine rings is 1. The number of carbonyl (C=O) groups excluding carboxylic acids is 1. The van der Waals surface area contributed by atoms with Gasteiger partial charge in [0.1, 0.15) is 0 Å². The van der Waals surface area contributed by atoms with Crippen molar-refractivity contribution in [2.45, 2.75) is 25.4 Å². The van der Waals surface area contributed by atoms with Crippen LogP contribution < -0.4 is 10.6 Å². The van der Waals surface area contributed by atoms with Crippen LogP contribution in [0, 0.1) is 0 Å². The van der Waals surface area contributed by atoms with Crippen LogP contribution in [0.2, 0.25) is 5.02 Å². The highest BCUT2D eigenvalue weighted by Gasteiger charge is 2.22. The molecular formula is C17H27ClN4O. The van der Waals surface area contributed by atoms with Crippen LogP contribution >= 0.6 is 11.6 Å². The zero-order valence-corrected chi connectivity index (χ0v) is 14.9. The molecule has 1 saturated heterocycles. The minimum absolute atomic E-state index is 0.0274. The van der Waals surface area contributed by atoms with Crippen LogP contribution in [-0.2, 0) is 0 Å². The molecule has 1 aromatic carbocycles. The van der Waals surface area contributed by atoms with Crippen molar-refractivity contribution in [3.05, 3.63) is 34.9 Å². The van der Waals surface area contributed by atoms with Gasteiger partial charge in [-0.15, -0.1) is 0 Å². The first-order chi connectivity index (χ1) is 11.0. The molecule has 0 spiro atoms. The third-order valence-electron chi connectivity index (χ3n) is 4.44. The highest BCUT2D eigenvalue weighted by molar-refractivity contribution is 6.30. The molecule has 2 N–H and O–H groups in total. The number of nitrogens with zero attached hydrogens (tertiary/aromatic N) is 2. The molecule has 23 heavy (non-hydrogen) atoms. The van der Waals surface area contributed by atoms with E-state index in [0.29, 0.717) is 17.6 Å². The van der Waals surface area contributed by atoms with Crippen LogP contribution in [0.3, 0.4) is 0 Å². The fourth-order valence-electron chi connectivity index (χ4n) is 2.89. The van der Waals surface area contributed by atoms with Crippen molar-refractivity contribution in [2.24, 2.45) is 0 Å². The molecule has 1 aliphatic rings. The maximum atomic E-state index is 12.2. The van der Waals surface area contributed by atoms with E-state index in [2.05, 4.69) is 41.5 Å². The summed E-state index contributed by atoms with van der Waals surface area (Å²) in [5, 5.41) is 6.73. The number of halogens is 1. The fourth-order valence-corrected chi connectivity index (χ4v) is 3.08. The smallest absolute Gasteiger partial charge is 0.315 e. The molecule has 128 valence electrons. The van der Waals surface area contributed by atoms with Crippen LogP contribution in [-0.4, -0.2) is 62.1 Å². The number of rotatable bonds is 5. The van der Waals surface area contributed by atoms with E-state index in [1.807, 2.05) is 24.3 Å². The van der Waals surface area contributed by atoms with Crippen molar-refractivity contribution in [3.63, 3.8) is 0 Å². The molecule has 0 aliphatic carbocycles. The molecule has 2 unspecified atom stereocenters. The number of nitrogens with one attached hydrogen (secondary N) is 2.